The SMILES string of the molecule is Clc1ccc(NSc2c[nH]c3c2ccc2ccccc23)cc1. The first-order valence-corrected chi connectivity index (χ1v) is 8.18. The van der Waals surface area contributed by atoms with Crippen LogP contribution in [0.15, 0.2) is 71.8 Å². The predicted molar refractivity (Wildman–Crippen MR) is 96.7 cm³/mol. The highest BCUT2D eigenvalue weighted by Gasteiger charge is 2.07. The summed E-state index contributed by atoms with van der Waals surface area (Å²) >= 11 is 7.51. The largest absolute Gasteiger partial charge is 0.359 e. The van der Waals surface area contributed by atoms with E-state index in [-0.39, 0.29) is 0 Å². The van der Waals surface area contributed by atoms with Crippen molar-refractivity contribution in [2.24, 2.45) is 0 Å². The van der Waals surface area contributed by atoms with Crippen LogP contribution in [-0.2, 0) is 0 Å². The second kappa shape index (κ2) is 5.59. The molecular formula is C18H13ClN2S. The smallest absolute Gasteiger partial charge is 0.0545 e. The molecule has 4 heteroatoms. The number of hydrogen-bond donors (Lipinski definition) is 2. The Morgan fingerprint density at radius 1 is 0.864 bits per heavy atom. The molecule has 0 unspecified atom stereocenters. The highest BCUT2D eigenvalue weighted by Crippen LogP contribution is 2.33. The van der Waals surface area contributed by atoms with Crippen molar-refractivity contribution in [3.8, 4) is 0 Å². The van der Waals surface area contributed by atoms with E-state index in [1.807, 2.05) is 30.5 Å². The maximum atomic E-state index is 5.91. The minimum atomic E-state index is 0.745. The van der Waals surface area contributed by atoms with E-state index in [9.17, 15) is 0 Å². The number of rotatable bonds is 3. The summed E-state index contributed by atoms with van der Waals surface area (Å²) in [6.07, 6.45) is 2.05. The van der Waals surface area contributed by atoms with Crippen molar-refractivity contribution < 1.29 is 0 Å². The fourth-order valence-electron chi connectivity index (χ4n) is 2.56. The lowest BCUT2D eigenvalue weighted by Crippen LogP contribution is -1.85. The summed E-state index contributed by atoms with van der Waals surface area (Å²) in [7, 11) is 0. The Hall–Kier alpha value is -2.10. The molecule has 4 aromatic rings. The van der Waals surface area contributed by atoms with Crippen LogP contribution < -0.4 is 4.72 Å². The summed E-state index contributed by atoms with van der Waals surface area (Å²) in [5.74, 6) is 0. The van der Waals surface area contributed by atoms with Crippen LogP contribution in [-0.4, -0.2) is 4.98 Å². The van der Waals surface area contributed by atoms with Gasteiger partial charge in [0.15, 0.2) is 0 Å². The third-order valence-electron chi connectivity index (χ3n) is 3.67. The number of aromatic nitrogens is 1. The van der Waals surface area contributed by atoms with Crippen LogP contribution in [0.2, 0.25) is 5.02 Å². The van der Waals surface area contributed by atoms with Gasteiger partial charge in [-0.2, -0.15) is 0 Å². The van der Waals surface area contributed by atoms with Crippen molar-refractivity contribution >= 4 is 50.9 Å². The molecule has 2 N–H and O–H groups in total. The van der Waals surface area contributed by atoms with E-state index in [1.165, 1.54) is 26.6 Å². The second-order valence-electron chi connectivity index (χ2n) is 5.07. The first-order valence-electron chi connectivity index (χ1n) is 6.98. The maximum Gasteiger partial charge on any atom is 0.0545 e. The van der Waals surface area contributed by atoms with Crippen LogP contribution in [0, 0.1) is 0 Å². The van der Waals surface area contributed by atoms with Crippen molar-refractivity contribution in [1.29, 1.82) is 0 Å². The van der Waals surface area contributed by atoms with E-state index in [2.05, 4.69) is 46.1 Å². The minimum absolute atomic E-state index is 0.745. The quantitative estimate of drug-likeness (QED) is 0.446. The lowest BCUT2D eigenvalue weighted by Gasteiger charge is -2.05. The number of nitrogens with one attached hydrogen (secondary N) is 2. The molecule has 1 heterocycles. The molecule has 0 aliphatic heterocycles. The summed E-state index contributed by atoms with van der Waals surface area (Å²) in [6, 6.07) is 20.5. The monoisotopic (exact) mass is 324 g/mol. The zero-order valence-electron chi connectivity index (χ0n) is 11.6. The molecule has 108 valence electrons. The van der Waals surface area contributed by atoms with E-state index in [1.54, 1.807) is 11.9 Å². The van der Waals surface area contributed by atoms with Gasteiger partial charge in [0.25, 0.3) is 0 Å². The fourth-order valence-corrected chi connectivity index (χ4v) is 3.45. The number of hydrogen-bond acceptors (Lipinski definition) is 2. The van der Waals surface area contributed by atoms with Gasteiger partial charge in [0, 0.05) is 27.7 Å². The van der Waals surface area contributed by atoms with Crippen LogP contribution in [0.4, 0.5) is 5.69 Å². The third-order valence-corrected chi connectivity index (χ3v) is 4.81. The zero-order valence-corrected chi connectivity index (χ0v) is 13.2. The fraction of sp³-hybridized carbons (Fsp3) is 0. The van der Waals surface area contributed by atoms with Crippen molar-refractivity contribution in [1.82, 2.24) is 4.98 Å². The van der Waals surface area contributed by atoms with Gasteiger partial charge in [-0.1, -0.05) is 48.0 Å². The summed E-state index contributed by atoms with van der Waals surface area (Å²) < 4.78 is 3.35. The molecule has 3 aromatic carbocycles. The van der Waals surface area contributed by atoms with Gasteiger partial charge in [-0.25, -0.2) is 0 Å². The Kier molecular flexibility index (Phi) is 3.45. The molecule has 0 spiro atoms. The average Bonchev–Trinajstić information content (AvgIpc) is 2.98. The lowest BCUT2D eigenvalue weighted by molar-refractivity contribution is 1.42. The number of anilines is 1. The first kappa shape index (κ1) is 13.6. The van der Waals surface area contributed by atoms with E-state index >= 15 is 0 Å². The molecule has 0 atom stereocenters. The lowest BCUT2D eigenvalue weighted by atomic mass is 10.1. The molecule has 2 nitrogen and oxygen atoms in total. The van der Waals surface area contributed by atoms with Gasteiger partial charge in [-0.3, -0.25) is 0 Å². The van der Waals surface area contributed by atoms with Crippen LogP contribution in [0.1, 0.15) is 0 Å². The first-order chi connectivity index (χ1) is 10.8. The topological polar surface area (TPSA) is 27.8 Å². The van der Waals surface area contributed by atoms with Gasteiger partial charge in [0.05, 0.1) is 10.4 Å². The number of fused-ring (bicyclic) bond motifs is 3. The minimum Gasteiger partial charge on any atom is -0.359 e. The van der Waals surface area contributed by atoms with Crippen molar-refractivity contribution in [2.75, 3.05) is 4.72 Å². The normalized spacial score (nSPS) is 11.1. The maximum absolute atomic E-state index is 5.91. The van der Waals surface area contributed by atoms with Crippen LogP contribution in [0.25, 0.3) is 21.7 Å². The summed E-state index contributed by atoms with van der Waals surface area (Å²) in [6.45, 7) is 0. The van der Waals surface area contributed by atoms with Gasteiger partial charge in [0.1, 0.15) is 0 Å². The van der Waals surface area contributed by atoms with E-state index in [4.69, 9.17) is 11.6 Å². The molecule has 1 aromatic heterocycles. The predicted octanol–water partition coefficient (Wildman–Crippen LogP) is 6.09. The molecule has 0 aliphatic rings. The number of aromatic amines is 1. The van der Waals surface area contributed by atoms with Gasteiger partial charge < -0.3 is 9.71 Å². The number of H-pyrrole nitrogens is 1. The molecule has 0 amide bonds. The van der Waals surface area contributed by atoms with Crippen molar-refractivity contribution in [2.45, 2.75) is 4.90 Å². The molecule has 0 aliphatic carbocycles. The molecule has 0 bridgehead atoms. The Bertz CT molecular complexity index is 944. The Morgan fingerprint density at radius 2 is 1.68 bits per heavy atom. The Morgan fingerprint density at radius 3 is 2.55 bits per heavy atom. The number of benzene rings is 3. The van der Waals surface area contributed by atoms with Crippen LogP contribution in [0.5, 0.6) is 0 Å². The zero-order chi connectivity index (χ0) is 14.9. The van der Waals surface area contributed by atoms with Crippen LogP contribution in [0.3, 0.4) is 0 Å². The highest BCUT2D eigenvalue weighted by molar-refractivity contribution is 8.00. The second-order valence-corrected chi connectivity index (χ2v) is 6.36. The molecule has 22 heavy (non-hydrogen) atoms. The van der Waals surface area contributed by atoms with E-state index in [0.29, 0.717) is 0 Å². The number of halogens is 1. The molecule has 0 fully saturated rings. The van der Waals surface area contributed by atoms with Gasteiger partial charge in [-0.15, -0.1) is 0 Å². The summed E-state index contributed by atoms with van der Waals surface area (Å²) in [5, 5.41) is 4.47. The van der Waals surface area contributed by atoms with Gasteiger partial charge in [0.2, 0.25) is 0 Å². The third kappa shape index (κ3) is 2.43. The van der Waals surface area contributed by atoms with Gasteiger partial charge in [-0.05, 0) is 41.6 Å². The molecule has 4 rings (SSSR count). The van der Waals surface area contributed by atoms with Crippen molar-refractivity contribution in [3.05, 3.63) is 71.9 Å². The molecule has 0 saturated heterocycles. The summed E-state index contributed by atoms with van der Waals surface area (Å²) in [5.41, 5.74) is 2.21. The Labute approximate surface area is 137 Å². The average molecular weight is 325 g/mol. The van der Waals surface area contributed by atoms with E-state index in [0.717, 1.165) is 10.7 Å². The molecule has 0 saturated carbocycles. The highest BCUT2D eigenvalue weighted by atomic mass is 35.5. The van der Waals surface area contributed by atoms with Crippen LogP contribution >= 0.6 is 23.5 Å². The summed E-state index contributed by atoms with van der Waals surface area (Å²) in [4.78, 5) is 4.57. The Balaban J connectivity index is 1.67. The molecular weight excluding hydrogens is 312 g/mol. The van der Waals surface area contributed by atoms with E-state index < -0.39 is 0 Å². The molecule has 0 radical (unpaired) electrons. The van der Waals surface area contributed by atoms with Crippen molar-refractivity contribution in [3.63, 3.8) is 0 Å². The standard InChI is InChI=1S/C18H13ClN2S/c19-13-6-8-14(9-7-13)21-22-17-11-20-18-15-4-2-1-3-12(15)5-10-16(17)18/h1-11,20-21H. The van der Waals surface area contributed by atoms with Gasteiger partial charge >= 0.3 is 0 Å².